The summed E-state index contributed by atoms with van der Waals surface area (Å²) in [6, 6.07) is 5.48. The van der Waals surface area contributed by atoms with E-state index in [9.17, 15) is 4.79 Å². The second kappa shape index (κ2) is 5.90. The van der Waals surface area contributed by atoms with Crippen molar-refractivity contribution in [1.29, 1.82) is 0 Å². The van der Waals surface area contributed by atoms with Gasteiger partial charge in [-0.25, -0.2) is 0 Å². The molecule has 0 fully saturated rings. The third-order valence-electron chi connectivity index (χ3n) is 2.35. The zero-order chi connectivity index (χ0) is 12.1. The molecule has 16 heavy (non-hydrogen) atoms. The molecule has 1 amide bonds. The molecule has 0 radical (unpaired) electrons. The van der Waals surface area contributed by atoms with Crippen molar-refractivity contribution in [1.82, 2.24) is 5.32 Å². The predicted octanol–water partition coefficient (Wildman–Crippen LogP) is 2.74. The number of rotatable bonds is 3. The van der Waals surface area contributed by atoms with Crippen LogP contribution in [0.5, 0.6) is 0 Å². The van der Waals surface area contributed by atoms with Crippen LogP contribution in [-0.4, -0.2) is 11.9 Å². The van der Waals surface area contributed by atoms with Crippen molar-refractivity contribution in [2.24, 2.45) is 0 Å². The first-order valence-corrected chi connectivity index (χ1v) is 6.20. The molecule has 2 nitrogen and oxygen atoms in total. The lowest BCUT2D eigenvalue weighted by atomic mass is 10.1. The highest BCUT2D eigenvalue weighted by Gasteiger charge is 2.13. The molecule has 0 spiro atoms. The number of hydrogen-bond acceptors (Lipinski definition) is 1. The van der Waals surface area contributed by atoms with Gasteiger partial charge >= 0.3 is 0 Å². The number of hydrogen-bond donors (Lipinski definition) is 1. The zero-order valence-electron chi connectivity index (χ0n) is 9.38. The number of halogens is 1. The Hall–Kier alpha value is -1.02. The van der Waals surface area contributed by atoms with Gasteiger partial charge in [-0.15, -0.1) is 6.42 Å². The minimum Gasteiger partial charge on any atom is -0.338 e. The largest absolute Gasteiger partial charge is 0.338 e. The van der Waals surface area contributed by atoms with Gasteiger partial charge in [0.2, 0.25) is 0 Å². The fraction of sp³-hybridized carbons (Fsp3) is 0.308. The molecule has 0 aliphatic heterocycles. The summed E-state index contributed by atoms with van der Waals surface area (Å²) in [6.07, 6.45) is 6.05. The van der Waals surface area contributed by atoms with E-state index in [2.05, 4.69) is 33.8 Å². The normalized spacial score (nSPS) is 11.6. The Balaban J connectivity index is 2.90. The number of benzene rings is 1. The smallest absolute Gasteiger partial charge is 0.253 e. The van der Waals surface area contributed by atoms with Gasteiger partial charge in [0.05, 0.1) is 11.6 Å². The van der Waals surface area contributed by atoms with E-state index in [1.54, 1.807) is 0 Å². The van der Waals surface area contributed by atoms with Crippen molar-refractivity contribution in [3.63, 3.8) is 0 Å². The molecule has 1 N–H and O–H groups in total. The Kier molecular flexibility index (Phi) is 4.81. The second-order valence-electron chi connectivity index (χ2n) is 3.54. The van der Waals surface area contributed by atoms with Crippen molar-refractivity contribution in [2.75, 3.05) is 0 Å². The summed E-state index contributed by atoms with van der Waals surface area (Å²) in [4.78, 5) is 11.9. The Labute approximate surface area is 110 Å². The molecule has 84 valence electrons. The molecule has 0 aliphatic carbocycles. The first kappa shape index (κ1) is 13.0. The van der Waals surface area contributed by atoms with Crippen LogP contribution in [0.15, 0.2) is 18.2 Å². The first-order chi connectivity index (χ1) is 7.60. The van der Waals surface area contributed by atoms with E-state index >= 15 is 0 Å². The highest BCUT2D eigenvalue weighted by atomic mass is 127. The highest BCUT2D eigenvalue weighted by molar-refractivity contribution is 14.1. The molecule has 3 heteroatoms. The zero-order valence-corrected chi connectivity index (χ0v) is 11.5. The van der Waals surface area contributed by atoms with Gasteiger partial charge in [0.15, 0.2) is 0 Å². The van der Waals surface area contributed by atoms with Crippen LogP contribution in [0.3, 0.4) is 0 Å². The molecule has 1 aromatic rings. The summed E-state index contributed by atoms with van der Waals surface area (Å²) in [5.74, 6) is 2.45. The molecule has 0 aliphatic rings. The third kappa shape index (κ3) is 2.99. The van der Waals surface area contributed by atoms with Gasteiger partial charge in [-0.05, 0) is 47.6 Å². The number of nitrogens with one attached hydrogen (secondary N) is 1. The number of amides is 1. The van der Waals surface area contributed by atoms with Crippen molar-refractivity contribution in [2.45, 2.75) is 26.3 Å². The van der Waals surface area contributed by atoms with Crippen molar-refractivity contribution >= 4 is 28.5 Å². The molecule has 0 saturated carbocycles. The summed E-state index contributed by atoms with van der Waals surface area (Å²) >= 11 is 2.18. The maximum atomic E-state index is 11.9. The quantitative estimate of drug-likeness (QED) is 0.671. The number of terminal acetylenes is 1. The van der Waals surface area contributed by atoms with Gasteiger partial charge in [0.1, 0.15) is 0 Å². The number of carbonyl (C=O) groups excluding carboxylic acids is 1. The average Bonchev–Trinajstić information content (AvgIpc) is 2.29. The van der Waals surface area contributed by atoms with Gasteiger partial charge < -0.3 is 5.32 Å². The van der Waals surface area contributed by atoms with Crippen LogP contribution in [0, 0.1) is 22.8 Å². The van der Waals surface area contributed by atoms with Gasteiger partial charge in [0.25, 0.3) is 5.91 Å². The van der Waals surface area contributed by atoms with Crippen LogP contribution in [0.4, 0.5) is 0 Å². The molecule has 0 saturated heterocycles. The Morgan fingerprint density at radius 2 is 2.31 bits per heavy atom. The van der Waals surface area contributed by atoms with Crippen LogP contribution in [0.2, 0.25) is 0 Å². The average molecular weight is 327 g/mol. The van der Waals surface area contributed by atoms with E-state index in [0.29, 0.717) is 5.56 Å². The lowest BCUT2D eigenvalue weighted by Crippen LogP contribution is -2.33. The summed E-state index contributed by atoms with van der Waals surface area (Å²) < 4.78 is 0.976. The predicted molar refractivity (Wildman–Crippen MR) is 74.3 cm³/mol. The van der Waals surface area contributed by atoms with Crippen LogP contribution >= 0.6 is 22.6 Å². The summed E-state index contributed by atoms with van der Waals surface area (Å²) in [5.41, 5.74) is 1.79. The summed E-state index contributed by atoms with van der Waals surface area (Å²) in [7, 11) is 0. The van der Waals surface area contributed by atoms with Crippen LogP contribution < -0.4 is 5.32 Å². The van der Waals surface area contributed by atoms with Gasteiger partial charge in [-0.3, -0.25) is 4.79 Å². The SMILES string of the molecule is C#CC(CC)NC(=O)c1cccc(C)c1I. The van der Waals surface area contributed by atoms with E-state index in [0.717, 1.165) is 15.6 Å². The molecule has 1 unspecified atom stereocenters. The Morgan fingerprint density at radius 1 is 1.62 bits per heavy atom. The molecule has 0 bridgehead atoms. The van der Waals surface area contributed by atoms with Crippen molar-refractivity contribution < 1.29 is 4.79 Å². The monoisotopic (exact) mass is 327 g/mol. The molecular formula is C13H14INO. The highest BCUT2D eigenvalue weighted by Crippen LogP contribution is 2.16. The van der Waals surface area contributed by atoms with E-state index in [-0.39, 0.29) is 11.9 Å². The van der Waals surface area contributed by atoms with Gasteiger partial charge in [-0.2, -0.15) is 0 Å². The van der Waals surface area contributed by atoms with Crippen molar-refractivity contribution in [3.05, 3.63) is 32.9 Å². The molecule has 0 aromatic heterocycles. The maximum absolute atomic E-state index is 11.9. The minimum atomic E-state index is -0.191. The third-order valence-corrected chi connectivity index (χ3v) is 3.78. The molecule has 1 atom stereocenters. The van der Waals surface area contributed by atoms with Gasteiger partial charge in [0, 0.05) is 3.57 Å². The first-order valence-electron chi connectivity index (χ1n) is 5.12. The van der Waals surface area contributed by atoms with Gasteiger partial charge in [-0.1, -0.05) is 25.0 Å². The molecule has 1 aromatic carbocycles. The van der Waals surface area contributed by atoms with E-state index in [1.807, 2.05) is 32.0 Å². The fourth-order valence-electron chi connectivity index (χ4n) is 1.32. The second-order valence-corrected chi connectivity index (χ2v) is 4.62. The van der Waals surface area contributed by atoms with Crippen LogP contribution in [0.1, 0.15) is 29.3 Å². The fourth-order valence-corrected chi connectivity index (χ4v) is 1.92. The summed E-state index contributed by atoms with van der Waals surface area (Å²) in [6.45, 7) is 3.93. The van der Waals surface area contributed by atoms with E-state index in [4.69, 9.17) is 6.42 Å². The van der Waals surface area contributed by atoms with Crippen LogP contribution in [-0.2, 0) is 0 Å². The standard InChI is InChI=1S/C13H14INO/c1-4-10(5-2)15-13(16)11-8-6-7-9(3)12(11)14/h1,6-8,10H,5H2,2-3H3,(H,15,16). The topological polar surface area (TPSA) is 29.1 Å². The van der Waals surface area contributed by atoms with Crippen molar-refractivity contribution in [3.8, 4) is 12.3 Å². The Bertz CT molecular complexity index is 434. The van der Waals surface area contributed by atoms with Crippen LogP contribution in [0.25, 0.3) is 0 Å². The Morgan fingerprint density at radius 3 is 2.88 bits per heavy atom. The minimum absolute atomic E-state index is 0.0992. The lowest BCUT2D eigenvalue weighted by molar-refractivity contribution is 0.0944. The summed E-state index contributed by atoms with van der Waals surface area (Å²) in [5, 5.41) is 2.82. The number of carbonyl (C=O) groups is 1. The maximum Gasteiger partial charge on any atom is 0.253 e. The number of aryl methyl sites for hydroxylation is 1. The lowest BCUT2D eigenvalue weighted by Gasteiger charge is -2.12. The molecule has 0 heterocycles. The molecular weight excluding hydrogens is 313 g/mol. The molecule has 1 rings (SSSR count). The van der Waals surface area contributed by atoms with E-state index in [1.165, 1.54) is 0 Å². The van der Waals surface area contributed by atoms with E-state index < -0.39 is 0 Å².